The highest BCUT2D eigenvalue weighted by Gasteiger charge is 2.25. The Morgan fingerprint density at radius 2 is 1.91 bits per heavy atom. The van der Waals surface area contributed by atoms with E-state index in [4.69, 9.17) is 16.3 Å². The maximum absolute atomic E-state index is 11.6. The van der Waals surface area contributed by atoms with Crippen LogP contribution in [-0.4, -0.2) is 10.9 Å². The minimum atomic E-state index is -0.138. The van der Waals surface area contributed by atoms with Crippen LogP contribution < -0.4 is 4.74 Å². The molecule has 0 radical (unpaired) electrons. The molecule has 1 saturated heterocycles. The average molecular weight is 345 g/mol. The summed E-state index contributed by atoms with van der Waals surface area (Å²) in [5, 5.41) is 0.354. The Hall–Kier alpha value is -2.04. The van der Waals surface area contributed by atoms with E-state index in [1.807, 2.05) is 36.4 Å². The second kappa shape index (κ2) is 7.02. The zero-order valence-corrected chi connectivity index (χ0v) is 13.7. The second-order valence-electron chi connectivity index (χ2n) is 5.05. The summed E-state index contributed by atoms with van der Waals surface area (Å²) in [6, 6.07) is 15.1. The quantitative estimate of drug-likeness (QED) is 0.605. The lowest BCUT2D eigenvalue weighted by Crippen LogP contribution is -1.96. The minimum Gasteiger partial charge on any atom is -0.487 e. The number of allylic oxidation sites excluding steroid dienone is 1. The van der Waals surface area contributed by atoms with Gasteiger partial charge < -0.3 is 4.74 Å². The van der Waals surface area contributed by atoms with Crippen molar-refractivity contribution in [1.29, 1.82) is 0 Å². The van der Waals surface area contributed by atoms with Crippen LogP contribution in [0.1, 0.15) is 17.5 Å². The van der Waals surface area contributed by atoms with Gasteiger partial charge in [0.15, 0.2) is 5.78 Å². The van der Waals surface area contributed by atoms with Crippen LogP contribution in [0.5, 0.6) is 5.75 Å². The van der Waals surface area contributed by atoms with Crippen molar-refractivity contribution in [2.24, 2.45) is 0 Å². The fourth-order valence-electron chi connectivity index (χ4n) is 2.15. The smallest absolute Gasteiger partial charge is 0.201 e. The van der Waals surface area contributed by atoms with Crippen LogP contribution in [0.2, 0.25) is 5.02 Å². The number of hydrogen-bond acceptors (Lipinski definition) is 4. The highest BCUT2D eigenvalue weighted by molar-refractivity contribution is 8.18. The summed E-state index contributed by atoms with van der Waals surface area (Å²) in [4.78, 5) is 23.3. The monoisotopic (exact) mass is 344 g/mol. The van der Waals surface area contributed by atoms with Crippen molar-refractivity contribution in [3.8, 4) is 5.75 Å². The number of ether oxygens (including phenoxy) is 1. The van der Waals surface area contributed by atoms with Gasteiger partial charge >= 0.3 is 0 Å². The number of carbonyl (C=O) groups is 2. The molecule has 1 fully saturated rings. The van der Waals surface area contributed by atoms with Crippen molar-refractivity contribution in [3.63, 3.8) is 0 Å². The van der Waals surface area contributed by atoms with E-state index in [0.717, 1.165) is 22.9 Å². The number of Topliss-reactive ketones (excluding diaryl/α,β-unsaturated/α-hetero) is 1. The summed E-state index contributed by atoms with van der Waals surface area (Å²) >= 11 is 7.22. The average Bonchev–Trinajstić information content (AvgIpc) is 2.85. The molecule has 23 heavy (non-hydrogen) atoms. The minimum absolute atomic E-state index is 0.0253. The van der Waals surface area contributed by atoms with Crippen LogP contribution in [-0.2, 0) is 16.2 Å². The Labute approximate surface area is 143 Å². The van der Waals surface area contributed by atoms with Crippen molar-refractivity contribution in [3.05, 3.63) is 69.6 Å². The molecule has 0 bridgehead atoms. The van der Waals surface area contributed by atoms with Crippen LogP contribution in [0.25, 0.3) is 6.08 Å². The first-order valence-corrected chi connectivity index (χ1v) is 8.23. The third kappa shape index (κ3) is 4.03. The molecule has 3 nitrogen and oxygen atoms in total. The fraction of sp³-hybridized carbons (Fsp3) is 0.111. The molecule has 2 aromatic rings. The van der Waals surface area contributed by atoms with Gasteiger partial charge in [0.25, 0.3) is 0 Å². The molecule has 0 unspecified atom stereocenters. The second-order valence-corrected chi connectivity index (χ2v) is 6.55. The Kier molecular flexibility index (Phi) is 4.84. The van der Waals surface area contributed by atoms with E-state index in [-0.39, 0.29) is 17.3 Å². The maximum atomic E-state index is 11.6. The first-order chi connectivity index (χ1) is 11.1. The van der Waals surface area contributed by atoms with Crippen molar-refractivity contribution >= 4 is 40.3 Å². The van der Waals surface area contributed by atoms with Gasteiger partial charge in [-0.3, -0.25) is 9.59 Å². The predicted molar refractivity (Wildman–Crippen MR) is 92.4 cm³/mol. The summed E-state index contributed by atoms with van der Waals surface area (Å²) in [6.07, 6.45) is 1.66. The third-order valence-corrected chi connectivity index (χ3v) is 4.53. The molecule has 0 spiro atoms. The highest BCUT2D eigenvalue weighted by atomic mass is 35.5. The molecular formula is C18H13ClO3S. The molecule has 3 rings (SSSR count). The first kappa shape index (κ1) is 15.8. The molecule has 0 amide bonds. The van der Waals surface area contributed by atoms with E-state index in [2.05, 4.69) is 0 Å². The summed E-state index contributed by atoms with van der Waals surface area (Å²) in [6.45, 7) is 0.434. The number of halogens is 1. The van der Waals surface area contributed by atoms with Gasteiger partial charge in [0.05, 0.1) is 16.3 Å². The normalized spacial score (nSPS) is 16.1. The summed E-state index contributed by atoms with van der Waals surface area (Å²) in [5.74, 6) is 0.444. The van der Waals surface area contributed by atoms with E-state index in [1.54, 1.807) is 18.2 Å². The van der Waals surface area contributed by atoms with Crippen molar-refractivity contribution in [2.75, 3.05) is 0 Å². The number of carbonyl (C=O) groups excluding carboxylic acids is 2. The van der Waals surface area contributed by atoms with Gasteiger partial charge in [-0.15, -0.1) is 0 Å². The SMILES string of the molecule is O=C1CC(=O)/C(=C/c2ccc(OCc3ccccc3)c(Cl)c2)S1. The topological polar surface area (TPSA) is 43.4 Å². The molecule has 0 aromatic heterocycles. The van der Waals surface area contributed by atoms with Crippen molar-refractivity contribution in [2.45, 2.75) is 13.0 Å². The number of benzene rings is 2. The summed E-state index contributed by atoms with van der Waals surface area (Å²) < 4.78 is 5.71. The maximum Gasteiger partial charge on any atom is 0.201 e. The lowest BCUT2D eigenvalue weighted by atomic mass is 10.1. The lowest BCUT2D eigenvalue weighted by Gasteiger charge is -2.09. The molecular weight excluding hydrogens is 332 g/mol. The predicted octanol–water partition coefficient (Wildman–Crippen LogP) is 4.49. The molecule has 0 aliphatic carbocycles. The van der Waals surface area contributed by atoms with Gasteiger partial charge in [0.2, 0.25) is 5.12 Å². The number of hydrogen-bond donors (Lipinski definition) is 0. The van der Waals surface area contributed by atoms with Gasteiger partial charge in [-0.05, 0) is 41.1 Å². The van der Waals surface area contributed by atoms with Crippen LogP contribution in [0.3, 0.4) is 0 Å². The van der Waals surface area contributed by atoms with Crippen LogP contribution >= 0.6 is 23.4 Å². The van der Waals surface area contributed by atoms with Gasteiger partial charge in [0.1, 0.15) is 12.4 Å². The molecule has 0 N–H and O–H groups in total. The molecule has 2 aromatic carbocycles. The van der Waals surface area contributed by atoms with E-state index in [1.165, 1.54) is 0 Å². The molecule has 1 heterocycles. The van der Waals surface area contributed by atoms with Crippen molar-refractivity contribution in [1.82, 2.24) is 0 Å². The lowest BCUT2D eigenvalue weighted by molar-refractivity contribution is -0.119. The molecule has 5 heteroatoms. The Balaban J connectivity index is 1.72. The number of rotatable bonds is 4. The zero-order chi connectivity index (χ0) is 16.2. The van der Waals surface area contributed by atoms with E-state index >= 15 is 0 Å². The number of ketones is 1. The highest BCUT2D eigenvalue weighted by Crippen LogP contribution is 2.32. The molecule has 116 valence electrons. The van der Waals surface area contributed by atoms with Gasteiger partial charge in [-0.2, -0.15) is 0 Å². The first-order valence-electron chi connectivity index (χ1n) is 7.04. The Morgan fingerprint density at radius 3 is 2.57 bits per heavy atom. The van der Waals surface area contributed by atoms with Crippen LogP contribution in [0, 0.1) is 0 Å². The standard InChI is InChI=1S/C18H13ClO3S/c19-14-8-13(9-17-15(20)10-18(21)23-17)6-7-16(14)22-11-12-4-2-1-3-5-12/h1-9H,10-11H2/b17-9-. The van der Waals surface area contributed by atoms with E-state index in [9.17, 15) is 9.59 Å². The van der Waals surface area contributed by atoms with E-state index < -0.39 is 0 Å². The van der Waals surface area contributed by atoms with Crippen LogP contribution in [0.4, 0.5) is 0 Å². The Bertz CT molecular complexity index is 784. The molecule has 0 saturated carbocycles. The molecule has 1 aliphatic rings. The Morgan fingerprint density at radius 1 is 1.13 bits per heavy atom. The van der Waals surface area contributed by atoms with Gasteiger partial charge in [-0.1, -0.05) is 48.0 Å². The summed E-state index contributed by atoms with van der Waals surface area (Å²) in [7, 11) is 0. The zero-order valence-electron chi connectivity index (χ0n) is 12.1. The third-order valence-electron chi connectivity index (χ3n) is 3.29. The summed E-state index contributed by atoms with van der Waals surface area (Å²) in [5.41, 5.74) is 1.83. The number of thioether (sulfide) groups is 1. The molecule has 0 atom stereocenters. The van der Waals surface area contributed by atoms with Crippen molar-refractivity contribution < 1.29 is 14.3 Å². The molecule has 1 aliphatic heterocycles. The van der Waals surface area contributed by atoms with E-state index in [0.29, 0.717) is 22.3 Å². The van der Waals surface area contributed by atoms with Gasteiger partial charge in [0, 0.05) is 0 Å². The fourth-order valence-corrected chi connectivity index (χ4v) is 3.23. The van der Waals surface area contributed by atoms with Crippen LogP contribution in [0.15, 0.2) is 53.4 Å². The largest absolute Gasteiger partial charge is 0.487 e. The van der Waals surface area contributed by atoms with Gasteiger partial charge in [-0.25, -0.2) is 0 Å².